The number of hydrogen-bond donors (Lipinski definition) is 0. The molecule has 0 saturated carbocycles. The Morgan fingerprint density at radius 2 is 1.75 bits per heavy atom. The Morgan fingerprint density at radius 1 is 1.12 bits per heavy atom. The van der Waals surface area contributed by atoms with Crippen LogP contribution in [0.2, 0.25) is 0 Å². The van der Waals surface area contributed by atoms with Crippen molar-refractivity contribution in [1.29, 1.82) is 0 Å². The summed E-state index contributed by atoms with van der Waals surface area (Å²) >= 11 is 0. The van der Waals surface area contributed by atoms with Gasteiger partial charge in [-0.05, 0) is 38.8 Å². The zero-order chi connectivity index (χ0) is 16.9. The van der Waals surface area contributed by atoms with Crippen LogP contribution in [0.5, 0.6) is 0 Å². The summed E-state index contributed by atoms with van der Waals surface area (Å²) in [4.78, 5) is 32.0. The van der Waals surface area contributed by atoms with Gasteiger partial charge in [-0.15, -0.1) is 0 Å². The Labute approximate surface area is 138 Å². The van der Waals surface area contributed by atoms with E-state index in [4.69, 9.17) is 9.15 Å². The van der Waals surface area contributed by atoms with Gasteiger partial charge in [0.05, 0.1) is 28.7 Å². The molecule has 0 N–H and O–H groups in total. The fourth-order valence-electron chi connectivity index (χ4n) is 4.93. The highest BCUT2D eigenvalue weighted by atomic mass is 16.5. The Bertz CT molecular complexity index is 885. The Morgan fingerprint density at radius 3 is 2.38 bits per heavy atom. The van der Waals surface area contributed by atoms with Crippen molar-refractivity contribution >= 4 is 28.6 Å². The molecule has 1 aromatic carbocycles. The second kappa shape index (κ2) is 4.06. The van der Waals surface area contributed by atoms with Crippen molar-refractivity contribution in [3.8, 4) is 0 Å². The zero-order valence-electron chi connectivity index (χ0n) is 13.8. The van der Waals surface area contributed by atoms with Crippen molar-refractivity contribution in [2.24, 2.45) is 11.8 Å². The van der Waals surface area contributed by atoms with Crippen LogP contribution in [0, 0.1) is 18.8 Å². The molecule has 3 fully saturated rings. The van der Waals surface area contributed by atoms with Crippen LogP contribution in [0.1, 0.15) is 32.6 Å². The molecule has 4 atom stereocenters. The molecule has 2 aromatic rings. The maximum absolute atomic E-state index is 13.2. The summed E-state index contributed by atoms with van der Waals surface area (Å²) in [6.45, 7) is 5.67. The average Bonchev–Trinajstić information content (AvgIpc) is 3.17. The lowest BCUT2D eigenvalue weighted by atomic mass is 9.69. The molecule has 6 heteroatoms. The second-order valence-corrected chi connectivity index (χ2v) is 7.55. The molecule has 1 aromatic heterocycles. The summed E-state index contributed by atoms with van der Waals surface area (Å²) < 4.78 is 11.7. The van der Waals surface area contributed by atoms with Crippen LogP contribution in [-0.4, -0.2) is 28.0 Å². The van der Waals surface area contributed by atoms with E-state index in [1.54, 1.807) is 25.1 Å². The van der Waals surface area contributed by atoms with E-state index >= 15 is 0 Å². The van der Waals surface area contributed by atoms with Crippen LogP contribution in [0.25, 0.3) is 11.1 Å². The molecule has 124 valence electrons. The van der Waals surface area contributed by atoms with Crippen molar-refractivity contribution < 1.29 is 18.7 Å². The summed E-state index contributed by atoms with van der Waals surface area (Å²) in [5.74, 6) is -0.661. The van der Waals surface area contributed by atoms with Gasteiger partial charge in [0.1, 0.15) is 5.52 Å². The number of aromatic nitrogens is 1. The molecule has 0 radical (unpaired) electrons. The molecule has 3 saturated heterocycles. The standard InChI is InChI=1S/C18H18N2O4/c1-9-19-14-10(5-4-6-11(14)23-9)20-15(21)12-13(16(20)22)18(3)8-7-17(12,2)24-18/h4-6,12-13H,7-8H2,1-3H3/t12-,13-,17-,18+/m0/s1. The number of benzene rings is 1. The Kier molecular flexibility index (Phi) is 2.39. The summed E-state index contributed by atoms with van der Waals surface area (Å²) in [7, 11) is 0. The Balaban J connectivity index is 1.68. The number of ether oxygens (including phenoxy) is 1. The first-order valence-corrected chi connectivity index (χ1v) is 8.28. The fraction of sp³-hybridized carbons (Fsp3) is 0.500. The lowest BCUT2D eigenvalue weighted by molar-refractivity contribution is -0.129. The van der Waals surface area contributed by atoms with Gasteiger partial charge in [0.25, 0.3) is 0 Å². The third kappa shape index (κ3) is 1.48. The molecule has 4 heterocycles. The van der Waals surface area contributed by atoms with E-state index in [2.05, 4.69) is 4.98 Å². The largest absolute Gasteiger partial charge is 0.441 e. The number of amides is 2. The minimum Gasteiger partial charge on any atom is -0.441 e. The average molecular weight is 326 g/mol. The number of aryl methyl sites for hydroxylation is 1. The number of carbonyl (C=O) groups excluding carboxylic acids is 2. The minimum absolute atomic E-state index is 0.177. The highest BCUT2D eigenvalue weighted by molar-refractivity contribution is 6.25. The summed E-state index contributed by atoms with van der Waals surface area (Å²) in [5.41, 5.74) is 0.559. The smallest absolute Gasteiger partial charge is 0.240 e. The summed E-state index contributed by atoms with van der Waals surface area (Å²) in [6, 6.07) is 5.33. The number of rotatable bonds is 1. The first-order valence-electron chi connectivity index (χ1n) is 8.28. The molecule has 3 aliphatic rings. The number of imide groups is 1. The van der Waals surface area contributed by atoms with Crippen molar-refractivity contribution in [2.45, 2.75) is 44.8 Å². The topological polar surface area (TPSA) is 72.6 Å². The fourth-order valence-corrected chi connectivity index (χ4v) is 4.93. The molecule has 24 heavy (non-hydrogen) atoms. The normalized spacial score (nSPS) is 37.7. The van der Waals surface area contributed by atoms with E-state index in [-0.39, 0.29) is 11.8 Å². The first kappa shape index (κ1) is 14.2. The number of fused-ring (bicyclic) bond motifs is 6. The number of anilines is 1. The van der Waals surface area contributed by atoms with Gasteiger partial charge in [0, 0.05) is 6.92 Å². The van der Waals surface area contributed by atoms with Crippen LogP contribution in [0.4, 0.5) is 5.69 Å². The van der Waals surface area contributed by atoms with Crippen molar-refractivity contribution in [3.63, 3.8) is 0 Å². The van der Waals surface area contributed by atoms with Gasteiger partial charge < -0.3 is 9.15 Å². The van der Waals surface area contributed by atoms with E-state index in [1.807, 2.05) is 13.8 Å². The zero-order valence-corrected chi connectivity index (χ0v) is 13.8. The van der Waals surface area contributed by atoms with E-state index in [1.165, 1.54) is 4.90 Å². The molecule has 0 unspecified atom stereocenters. The summed E-state index contributed by atoms with van der Waals surface area (Å²) in [5, 5.41) is 0. The van der Waals surface area contributed by atoms with Gasteiger partial charge in [0.2, 0.25) is 11.8 Å². The van der Waals surface area contributed by atoms with Gasteiger partial charge in [-0.1, -0.05) is 6.07 Å². The highest BCUT2D eigenvalue weighted by Gasteiger charge is 2.72. The Hall–Kier alpha value is -2.21. The third-order valence-corrected chi connectivity index (χ3v) is 5.95. The summed E-state index contributed by atoms with van der Waals surface area (Å²) in [6.07, 6.45) is 1.62. The van der Waals surface area contributed by atoms with E-state index < -0.39 is 23.0 Å². The quantitative estimate of drug-likeness (QED) is 0.753. The minimum atomic E-state index is -0.547. The number of hydrogen-bond acceptors (Lipinski definition) is 5. The van der Waals surface area contributed by atoms with Crippen molar-refractivity contribution in [1.82, 2.24) is 4.98 Å². The van der Waals surface area contributed by atoms with Crippen LogP contribution < -0.4 is 4.90 Å². The van der Waals surface area contributed by atoms with E-state index in [0.29, 0.717) is 22.7 Å². The van der Waals surface area contributed by atoms with Crippen LogP contribution in [-0.2, 0) is 14.3 Å². The van der Waals surface area contributed by atoms with Gasteiger partial charge >= 0.3 is 0 Å². The predicted octanol–water partition coefficient (Wildman–Crippen LogP) is 2.58. The second-order valence-electron chi connectivity index (χ2n) is 7.55. The van der Waals surface area contributed by atoms with Gasteiger partial charge in [-0.25, -0.2) is 9.88 Å². The van der Waals surface area contributed by atoms with Crippen molar-refractivity contribution in [2.75, 3.05) is 4.90 Å². The molecular formula is C18H18N2O4. The molecule has 0 aliphatic carbocycles. The van der Waals surface area contributed by atoms with Gasteiger partial charge in [-0.2, -0.15) is 0 Å². The van der Waals surface area contributed by atoms with E-state index in [9.17, 15) is 9.59 Å². The number of carbonyl (C=O) groups is 2. The van der Waals surface area contributed by atoms with Gasteiger partial charge in [-0.3, -0.25) is 9.59 Å². The molecule has 0 spiro atoms. The molecule has 6 nitrogen and oxygen atoms in total. The number of oxazole rings is 1. The first-order chi connectivity index (χ1) is 11.3. The third-order valence-electron chi connectivity index (χ3n) is 5.95. The molecule has 2 amide bonds. The SMILES string of the molecule is Cc1nc2c(N3C(=O)[C@@H]4[C@@H](C3=O)[C@]3(C)CC[C@@]4(C)O3)cccc2o1. The van der Waals surface area contributed by atoms with Crippen LogP contribution >= 0.6 is 0 Å². The van der Waals surface area contributed by atoms with E-state index in [0.717, 1.165) is 12.8 Å². The number of nitrogens with zero attached hydrogens (tertiary/aromatic N) is 2. The van der Waals surface area contributed by atoms with Crippen molar-refractivity contribution in [3.05, 3.63) is 24.1 Å². The van der Waals surface area contributed by atoms with Gasteiger partial charge in [0.15, 0.2) is 11.5 Å². The highest BCUT2D eigenvalue weighted by Crippen LogP contribution is 2.61. The maximum Gasteiger partial charge on any atom is 0.240 e. The molecule has 5 rings (SSSR count). The lowest BCUT2D eigenvalue weighted by Crippen LogP contribution is -2.40. The van der Waals surface area contributed by atoms with Crippen LogP contribution in [0.3, 0.4) is 0 Å². The number of para-hydroxylation sites is 1. The predicted molar refractivity (Wildman–Crippen MR) is 85.3 cm³/mol. The lowest BCUT2D eigenvalue weighted by Gasteiger charge is -2.27. The van der Waals surface area contributed by atoms with Crippen LogP contribution in [0.15, 0.2) is 22.6 Å². The molecule has 3 aliphatic heterocycles. The molecular weight excluding hydrogens is 308 g/mol. The molecule has 2 bridgehead atoms. The maximum atomic E-state index is 13.2. The monoisotopic (exact) mass is 326 g/mol.